The molecule has 1 aliphatic carbocycles. The van der Waals surface area contributed by atoms with Gasteiger partial charge in [-0.05, 0) is 37.7 Å². The fraction of sp³-hybridized carbons (Fsp3) is 0.692. The van der Waals surface area contributed by atoms with Gasteiger partial charge in [0.25, 0.3) is 5.91 Å². The number of aryl methyl sites for hydroxylation is 2. The number of hydrogen-bond donors (Lipinski definition) is 2. The standard InChI is InChI=1S/C13H21N3O2/c1-9-6-12(16(2)15-9)13(18)14-7-10-4-3-5-11(10)8-17/h6,10-11,17H,3-5,7-8H2,1-2H3,(H,14,18). The summed E-state index contributed by atoms with van der Waals surface area (Å²) < 4.78 is 1.60. The molecule has 0 saturated heterocycles. The van der Waals surface area contributed by atoms with Crippen molar-refractivity contribution < 1.29 is 9.90 Å². The highest BCUT2D eigenvalue weighted by Crippen LogP contribution is 2.30. The minimum Gasteiger partial charge on any atom is -0.396 e. The number of nitrogens with zero attached hydrogens (tertiary/aromatic N) is 2. The van der Waals surface area contributed by atoms with Crippen LogP contribution in [0.25, 0.3) is 0 Å². The molecule has 0 aromatic carbocycles. The van der Waals surface area contributed by atoms with E-state index in [-0.39, 0.29) is 12.5 Å². The molecule has 1 aliphatic rings. The predicted octanol–water partition coefficient (Wildman–Crippen LogP) is 0.867. The maximum atomic E-state index is 12.0. The van der Waals surface area contributed by atoms with Gasteiger partial charge in [-0.25, -0.2) is 0 Å². The lowest BCUT2D eigenvalue weighted by Gasteiger charge is -2.17. The van der Waals surface area contributed by atoms with Crippen molar-refractivity contribution in [3.05, 3.63) is 17.5 Å². The average Bonchev–Trinajstić information content (AvgIpc) is 2.92. The number of aromatic nitrogens is 2. The molecule has 0 spiro atoms. The van der Waals surface area contributed by atoms with Crippen LogP contribution in [0.5, 0.6) is 0 Å². The summed E-state index contributed by atoms with van der Waals surface area (Å²) >= 11 is 0. The molecule has 5 nitrogen and oxygen atoms in total. The van der Waals surface area contributed by atoms with Crippen LogP contribution in [-0.2, 0) is 7.05 Å². The third-order valence-corrected chi connectivity index (χ3v) is 3.81. The zero-order chi connectivity index (χ0) is 13.1. The molecule has 1 aromatic rings. The number of aliphatic hydroxyl groups is 1. The molecule has 2 atom stereocenters. The SMILES string of the molecule is Cc1cc(C(=O)NCC2CCCC2CO)n(C)n1. The van der Waals surface area contributed by atoms with Crippen molar-refractivity contribution in [1.29, 1.82) is 0 Å². The molecule has 1 fully saturated rings. The minimum atomic E-state index is -0.0818. The maximum Gasteiger partial charge on any atom is 0.269 e. The van der Waals surface area contributed by atoms with E-state index in [2.05, 4.69) is 10.4 Å². The molecule has 0 bridgehead atoms. The molecule has 2 rings (SSSR count). The van der Waals surface area contributed by atoms with Crippen molar-refractivity contribution in [2.45, 2.75) is 26.2 Å². The third kappa shape index (κ3) is 2.72. The highest BCUT2D eigenvalue weighted by Gasteiger charge is 2.27. The van der Waals surface area contributed by atoms with Crippen molar-refractivity contribution in [3.8, 4) is 0 Å². The molecule has 1 amide bonds. The molecule has 0 radical (unpaired) electrons. The van der Waals surface area contributed by atoms with Crippen molar-refractivity contribution >= 4 is 5.91 Å². The van der Waals surface area contributed by atoms with Crippen LogP contribution in [0, 0.1) is 18.8 Å². The number of carbonyl (C=O) groups excluding carboxylic acids is 1. The van der Waals surface area contributed by atoms with E-state index in [1.54, 1.807) is 17.8 Å². The number of amides is 1. The molecule has 100 valence electrons. The lowest BCUT2D eigenvalue weighted by molar-refractivity contribution is 0.0928. The van der Waals surface area contributed by atoms with Gasteiger partial charge in [0.2, 0.25) is 0 Å². The van der Waals surface area contributed by atoms with E-state index in [1.807, 2.05) is 6.92 Å². The van der Waals surface area contributed by atoms with Gasteiger partial charge in [0.05, 0.1) is 5.69 Å². The summed E-state index contributed by atoms with van der Waals surface area (Å²) in [5, 5.41) is 16.3. The lowest BCUT2D eigenvalue weighted by Crippen LogP contribution is -2.32. The van der Waals surface area contributed by atoms with Crippen LogP contribution in [0.3, 0.4) is 0 Å². The fourth-order valence-electron chi connectivity index (χ4n) is 2.76. The molecular weight excluding hydrogens is 230 g/mol. The molecule has 1 saturated carbocycles. The number of hydrogen-bond acceptors (Lipinski definition) is 3. The molecule has 1 heterocycles. The highest BCUT2D eigenvalue weighted by molar-refractivity contribution is 5.92. The Morgan fingerprint density at radius 1 is 1.56 bits per heavy atom. The first-order valence-electron chi connectivity index (χ1n) is 6.51. The van der Waals surface area contributed by atoms with Crippen LogP contribution in [0.2, 0.25) is 0 Å². The molecule has 0 aliphatic heterocycles. The Morgan fingerprint density at radius 2 is 2.28 bits per heavy atom. The Hall–Kier alpha value is -1.36. The van der Waals surface area contributed by atoms with E-state index >= 15 is 0 Å². The van der Waals surface area contributed by atoms with Gasteiger partial charge in [-0.1, -0.05) is 6.42 Å². The largest absolute Gasteiger partial charge is 0.396 e. The Morgan fingerprint density at radius 3 is 2.89 bits per heavy atom. The molecule has 18 heavy (non-hydrogen) atoms. The van der Waals surface area contributed by atoms with Crippen molar-refractivity contribution in [2.24, 2.45) is 18.9 Å². The number of carbonyl (C=O) groups is 1. The molecule has 2 unspecified atom stereocenters. The summed E-state index contributed by atoms with van der Waals surface area (Å²) in [4.78, 5) is 12.0. The van der Waals surface area contributed by atoms with Crippen molar-refractivity contribution in [2.75, 3.05) is 13.2 Å². The van der Waals surface area contributed by atoms with Crippen LogP contribution in [0.4, 0.5) is 0 Å². The Balaban J connectivity index is 1.90. The summed E-state index contributed by atoms with van der Waals surface area (Å²) in [6.07, 6.45) is 3.31. The highest BCUT2D eigenvalue weighted by atomic mass is 16.3. The van der Waals surface area contributed by atoms with Crippen LogP contribution < -0.4 is 5.32 Å². The van der Waals surface area contributed by atoms with Crippen molar-refractivity contribution in [3.63, 3.8) is 0 Å². The Kier molecular flexibility index (Phi) is 4.01. The first-order chi connectivity index (χ1) is 8.61. The zero-order valence-corrected chi connectivity index (χ0v) is 11.0. The van der Waals surface area contributed by atoms with E-state index in [4.69, 9.17) is 0 Å². The van der Waals surface area contributed by atoms with Crippen LogP contribution >= 0.6 is 0 Å². The van der Waals surface area contributed by atoms with Gasteiger partial charge >= 0.3 is 0 Å². The van der Waals surface area contributed by atoms with Gasteiger partial charge in [-0.15, -0.1) is 0 Å². The number of aliphatic hydroxyl groups excluding tert-OH is 1. The summed E-state index contributed by atoms with van der Waals surface area (Å²) in [5.74, 6) is 0.675. The fourth-order valence-corrected chi connectivity index (χ4v) is 2.76. The van der Waals surface area contributed by atoms with E-state index < -0.39 is 0 Å². The molecule has 1 aromatic heterocycles. The summed E-state index contributed by atoms with van der Waals surface area (Å²) in [6.45, 7) is 2.75. The lowest BCUT2D eigenvalue weighted by atomic mass is 9.97. The third-order valence-electron chi connectivity index (χ3n) is 3.81. The molecular formula is C13H21N3O2. The van der Waals surface area contributed by atoms with E-state index in [1.165, 1.54) is 0 Å². The van der Waals surface area contributed by atoms with Crippen LogP contribution in [-0.4, -0.2) is 33.9 Å². The van der Waals surface area contributed by atoms with Crippen molar-refractivity contribution in [1.82, 2.24) is 15.1 Å². The van der Waals surface area contributed by atoms with Gasteiger partial charge in [0.15, 0.2) is 0 Å². The summed E-state index contributed by atoms with van der Waals surface area (Å²) in [6, 6.07) is 1.79. The monoisotopic (exact) mass is 251 g/mol. The normalized spacial score (nSPS) is 23.3. The van der Waals surface area contributed by atoms with Crippen LogP contribution in [0.15, 0.2) is 6.07 Å². The van der Waals surface area contributed by atoms with E-state index in [9.17, 15) is 9.90 Å². The van der Waals surface area contributed by atoms with Gasteiger partial charge in [0, 0.05) is 20.2 Å². The van der Waals surface area contributed by atoms with E-state index in [0.29, 0.717) is 24.1 Å². The average molecular weight is 251 g/mol. The second-order valence-electron chi connectivity index (χ2n) is 5.14. The summed E-state index contributed by atoms with van der Waals surface area (Å²) in [7, 11) is 1.77. The smallest absolute Gasteiger partial charge is 0.269 e. The topological polar surface area (TPSA) is 67.2 Å². The van der Waals surface area contributed by atoms with Gasteiger partial charge in [-0.3, -0.25) is 9.48 Å². The molecule has 5 heteroatoms. The maximum absolute atomic E-state index is 12.0. The second kappa shape index (κ2) is 5.52. The number of rotatable bonds is 4. The predicted molar refractivity (Wildman–Crippen MR) is 68.2 cm³/mol. The van der Waals surface area contributed by atoms with Gasteiger partial charge in [-0.2, -0.15) is 5.10 Å². The second-order valence-corrected chi connectivity index (χ2v) is 5.14. The minimum absolute atomic E-state index is 0.0818. The van der Waals surface area contributed by atoms with Gasteiger partial charge < -0.3 is 10.4 Å². The quantitative estimate of drug-likeness (QED) is 0.834. The first kappa shape index (κ1) is 13.1. The zero-order valence-electron chi connectivity index (χ0n) is 11.0. The Bertz CT molecular complexity index is 428. The van der Waals surface area contributed by atoms with Gasteiger partial charge in [0.1, 0.15) is 5.69 Å². The van der Waals surface area contributed by atoms with E-state index in [0.717, 1.165) is 25.0 Å². The summed E-state index contributed by atoms with van der Waals surface area (Å²) in [5.41, 5.74) is 1.43. The van der Waals surface area contributed by atoms with Crippen LogP contribution in [0.1, 0.15) is 35.4 Å². The Labute approximate surface area is 107 Å². The number of nitrogens with one attached hydrogen (secondary N) is 1. The molecule has 2 N–H and O–H groups in total. The first-order valence-corrected chi connectivity index (χ1v) is 6.51.